The Morgan fingerprint density at radius 3 is 2.72 bits per heavy atom. The van der Waals surface area contributed by atoms with Crippen LogP contribution in [0.3, 0.4) is 0 Å². The van der Waals surface area contributed by atoms with Crippen molar-refractivity contribution in [3.63, 3.8) is 0 Å². The number of nitrogens with one attached hydrogen (secondary N) is 1. The molecule has 0 spiro atoms. The average molecular weight is 254 g/mol. The summed E-state index contributed by atoms with van der Waals surface area (Å²) in [6.07, 6.45) is 9.61. The van der Waals surface area contributed by atoms with Gasteiger partial charge in [0.2, 0.25) is 0 Å². The first-order valence-electron chi connectivity index (χ1n) is 8.22. The molecule has 1 N–H and O–H groups in total. The molecule has 1 aliphatic rings. The van der Waals surface area contributed by atoms with Crippen LogP contribution >= 0.6 is 0 Å². The van der Waals surface area contributed by atoms with E-state index >= 15 is 0 Å². The highest BCUT2D eigenvalue weighted by Gasteiger charge is 2.19. The highest BCUT2D eigenvalue weighted by atomic mass is 15.1. The number of hydrogen-bond acceptors (Lipinski definition) is 2. The second kappa shape index (κ2) is 9.80. The van der Waals surface area contributed by atoms with Gasteiger partial charge in [0.25, 0.3) is 0 Å². The third kappa shape index (κ3) is 6.19. The van der Waals surface area contributed by atoms with E-state index in [0.29, 0.717) is 0 Å². The number of likely N-dealkylation sites (tertiary alicyclic amines) is 1. The molecule has 2 nitrogen and oxygen atoms in total. The van der Waals surface area contributed by atoms with E-state index in [2.05, 4.69) is 31.0 Å². The maximum Gasteiger partial charge on any atom is 0.00674 e. The first-order chi connectivity index (χ1) is 8.77. The Morgan fingerprint density at radius 2 is 2.00 bits per heavy atom. The molecule has 0 aliphatic carbocycles. The smallest absolute Gasteiger partial charge is 0.00674 e. The second-order valence-corrected chi connectivity index (χ2v) is 5.98. The molecular weight excluding hydrogens is 220 g/mol. The summed E-state index contributed by atoms with van der Waals surface area (Å²) in [5, 5.41) is 3.50. The van der Waals surface area contributed by atoms with Crippen LogP contribution in [-0.2, 0) is 0 Å². The molecule has 1 aliphatic heterocycles. The molecule has 1 rings (SSSR count). The van der Waals surface area contributed by atoms with Crippen LogP contribution in [0.2, 0.25) is 0 Å². The van der Waals surface area contributed by atoms with Gasteiger partial charge in [0.15, 0.2) is 0 Å². The second-order valence-electron chi connectivity index (χ2n) is 5.98. The van der Waals surface area contributed by atoms with Gasteiger partial charge in [-0.05, 0) is 77.5 Å². The predicted octanol–water partition coefficient (Wildman–Crippen LogP) is 3.67. The van der Waals surface area contributed by atoms with Crippen molar-refractivity contribution in [2.45, 2.75) is 71.8 Å². The van der Waals surface area contributed by atoms with Crippen LogP contribution < -0.4 is 5.32 Å². The van der Waals surface area contributed by atoms with Crippen molar-refractivity contribution in [1.29, 1.82) is 0 Å². The fourth-order valence-electron chi connectivity index (χ4n) is 3.04. The summed E-state index contributed by atoms with van der Waals surface area (Å²) in [5.74, 6) is 0.994. The summed E-state index contributed by atoms with van der Waals surface area (Å²) in [6.45, 7) is 12.0. The molecule has 2 unspecified atom stereocenters. The molecule has 0 amide bonds. The summed E-state index contributed by atoms with van der Waals surface area (Å²) in [5.41, 5.74) is 0. The van der Waals surface area contributed by atoms with Crippen molar-refractivity contribution in [3.05, 3.63) is 0 Å². The average Bonchev–Trinajstić information content (AvgIpc) is 2.63. The Hall–Kier alpha value is -0.0800. The molecule has 0 aromatic carbocycles. The normalized spacial score (nSPS) is 23.8. The molecule has 18 heavy (non-hydrogen) atoms. The number of rotatable bonds is 8. The monoisotopic (exact) mass is 254 g/mol. The minimum absolute atomic E-state index is 0.782. The van der Waals surface area contributed by atoms with Gasteiger partial charge in [-0.3, -0.25) is 0 Å². The summed E-state index contributed by atoms with van der Waals surface area (Å²) in [7, 11) is 0. The summed E-state index contributed by atoms with van der Waals surface area (Å²) in [4.78, 5) is 2.73. The van der Waals surface area contributed by atoms with Crippen LogP contribution in [0.1, 0.15) is 65.7 Å². The highest BCUT2D eigenvalue weighted by Crippen LogP contribution is 2.22. The largest absolute Gasteiger partial charge is 0.317 e. The molecular formula is C16H34N2. The molecule has 0 bridgehead atoms. The zero-order chi connectivity index (χ0) is 13.2. The minimum atomic E-state index is 0.782. The van der Waals surface area contributed by atoms with Crippen LogP contribution in [0.5, 0.6) is 0 Å². The van der Waals surface area contributed by atoms with E-state index in [1.807, 2.05) is 0 Å². The fourth-order valence-corrected chi connectivity index (χ4v) is 3.04. The maximum atomic E-state index is 3.50. The van der Waals surface area contributed by atoms with Gasteiger partial charge < -0.3 is 10.2 Å². The maximum absolute atomic E-state index is 3.50. The van der Waals surface area contributed by atoms with Gasteiger partial charge in [0, 0.05) is 6.04 Å². The summed E-state index contributed by atoms with van der Waals surface area (Å²) in [6, 6.07) is 0.782. The Bertz CT molecular complexity index is 194. The van der Waals surface area contributed by atoms with Crippen LogP contribution in [0, 0.1) is 5.92 Å². The van der Waals surface area contributed by atoms with Crippen LogP contribution in [0.25, 0.3) is 0 Å². The zero-order valence-corrected chi connectivity index (χ0v) is 12.9. The standard InChI is InChI=1S/C16H34N2/c1-4-11-17-12-6-8-15(3)18-13-7-9-16(5-2)10-14-18/h15-17H,4-14H2,1-3H3. The van der Waals surface area contributed by atoms with Gasteiger partial charge in [0.1, 0.15) is 0 Å². The van der Waals surface area contributed by atoms with Crippen molar-refractivity contribution in [2.75, 3.05) is 26.2 Å². The van der Waals surface area contributed by atoms with Crippen LogP contribution in [-0.4, -0.2) is 37.1 Å². The van der Waals surface area contributed by atoms with E-state index in [9.17, 15) is 0 Å². The van der Waals surface area contributed by atoms with Gasteiger partial charge in [-0.1, -0.05) is 20.3 Å². The van der Waals surface area contributed by atoms with Gasteiger partial charge in [0.05, 0.1) is 0 Å². The lowest BCUT2D eigenvalue weighted by Crippen LogP contribution is -2.34. The zero-order valence-electron chi connectivity index (χ0n) is 12.9. The van der Waals surface area contributed by atoms with E-state index in [4.69, 9.17) is 0 Å². The van der Waals surface area contributed by atoms with Gasteiger partial charge >= 0.3 is 0 Å². The van der Waals surface area contributed by atoms with Gasteiger partial charge in [-0.15, -0.1) is 0 Å². The van der Waals surface area contributed by atoms with Crippen LogP contribution in [0.4, 0.5) is 0 Å². The Morgan fingerprint density at radius 1 is 1.17 bits per heavy atom. The number of nitrogens with zero attached hydrogens (tertiary/aromatic N) is 1. The first-order valence-corrected chi connectivity index (χ1v) is 8.22. The Labute approximate surface area is 115 Å². The minimum Gasteiger partial charge on any atom is -0.317 e. The van der Waals surface area contributed by atoms with Crippen molar-refractivity contribution >= 4 is 0 Å². The van der Waals surface area contributed by atoms with E-state index in [0.717, 1.165) is 12.0 Å². The molecule has 0 saturated carbocycles. The van der Waals surface area contributed by atoms with Crippen molar-refractivity contribution in [1.82, 2.24) is 10.2 Å². The molecule has 1 fully saturated rings. The SMILES string of the molecule is CCCNCCCC(C)N1CCCC(CC)CC1. The van der Waals surface area contributed by atoms with Crippen molar-refractivity contribution < 1.29 is 0 Å². The number of hydrogen-bond donors (Lipinski definition) is 1. The van der Waals surface area contributed by atoms with Crippen molar-refractivity contribution in [3.8, 4) is 0 Å². The van der Waals surface area contributed by atoms with E-state index in [1.54, 1.807) is 0 Å². The van der Waals surface area contributed by atoms with Crippen LogP contribution in [0.15, 0.2) is 0 Å². The lowest BCUT2D eigenvalue weighted by Gasteiger charge is -2.27. The Kier molecular flexibility index (Phi) is 8.70. The topological polar surface area (TPSA) is 15.3 Å². The predicted molar refractivity (Wildman–Crippen MR) is 81.1 cm³/mol. The third-order valence-corrected chi connectivity index (χ3v) is 4.49. The summed E-state index contributed by atoms with van der Waals surface area (Å²) < 4.78 is 0. The quantitative estimate of drug-likeness (QED) is 0.665. The molecule has 0 radical (unpaired) electrons. The van der Waals surface area contributed by atoms with E-state index in [-0.39, 0.29) is 0 Å². The van der Waals surface area contributed by atoms with E-state index in [1.165, 1.54) is 71.1 Å². The van der Waals surface area contributed by atoms with Gasteiger partial charge in [-0.2, -0.15) is 0 Å². The molecule has 0 aromatic heterocycles. The molecule has 1 heterocycles. The summed E-state index contributed by atoms with van der Waals surface area (Å²) >= 11 is 0. The first kappa shape index (κ1) is 16.0. The molecule has 108 valence electrons. The van der Waals surface area contributed by atoms with Gasteiger partial charge in [-0.25, -0.2) is 0 Å². The molecule has 2 heteroatoms. The Balaban J connectivity index is 2.14. The van der Waals surface area contributed by atoms with Crippen molar-refractivity contribution in [2.24, 2.45) is 5.92 Å². The fraction of sp³-hybridized carbons (Fsp3) is 1.00. The third-order valence-electron chi connectivity index (χ3n) is 4.49. The molecule has 2 atom stereocenters. The molecule has 0 aromatic rings. The lowest BCUT2D eigenvalue weighted by molar-refractivity contribution is 0.202. The lowest BCUT2D eigenvalue weighted by atomic mass is 9.98. The molecule has 1 saturated heterocycles. The van der Waals surface area contributed by atoms with E-state index < -0.39 is 0 Å². The highest BCUT2D eigenvalue weighted by molar-refractivity contribution is 4.74.